The summed E-state index contributed by atoms with van der Waals surface area (Å²) in [6.07, 6.45) is 20.6. The van der Waals surface area contributed by atoms with Crippen LogP contribution in [-0.4, -0.2) is 28.4 Å². The second-order valence-electron chi connectivity index (χ2n) is 8.73. The highest BCUT2D eigenvalue weighted by Gasteiger charge is 2.17. The number of halogens is 2. The van der Waals surface area contributed by atoms with Crippen LogP contribution in [-0.2, 0) is 16.1 Å². The number of nitrogens with zero attached hydrogens (tertiary/aromatic N) is 1. The number of hydrogen-bond acceptors (Lipinski definition) is 2. The van der Waals surface area contributed by atoms with E-state index in [0.717, 1.165) is 37.7 Å². The van der Waals surface area contributed by atoms with Crippen LogP contribution in [0.25, 0.3) is 0 Å². The predicted octanol–water partition coefficient (Wildman–Crippen LogP) is 8.44. The topological polar surface area (TPSA) is 57.6 Å². The quantitative estimate of drug-likeness (QED) is 0.154. The lowest BCUT2D eigenvalue weighted by Crippen LogP contribution is -2.35. The monoisotopic (exact) mass is 497 g/mol. The molecular formula is C27H41Cl2NO3. The smallest absolute Gasteiger partial charge is 0.323 e. The first-order chi connectivity index (χ1) is 15.9. The zero-order valence-corrected chi connectivity index (χ0v) is 21.7. The van der Waals surface area contributed by atoms with E-state index in [1.165, 1.54) is 56.3 Å². The van der Waals surface area contributed by atoms with E-state index in [2.05, 4.69) is 19.1 Å². The number of aliphatic carboxylic acids is 1. The Morgan fingerprint density at radius 3 is 2.00 bits per heavy atom. The normalized spacial score (nSPS) is 11.2. The summed E-state index contributed by atoms with van der Waals surface area (Å²) in [7, 11) is 0. The number of allylic oxidation sites excluding steroid dienone is 2. The van der Waals surface area contributed by atoms with E-state index in [1.807, 2.05) is 0 Å². The molecular weight excluding hydrogens is 457 g/mol. The molecule has 0 saturated heterocycles. The number of unbranched alkanes of at least 4 members (excludes halogenated alkanes) is 11. The predicted molar refractivity (Wildman–Crippen MR) is 139 cm³/mol. The molecule has 186 valence electrons. The molecule has 0 spiro atoms. The Balaban J connectivity index is 2.16. The van der Waals surface area contributed by atoms with Crippen LogP contribution >= 0.6 is 23.2 Å². The fourth-order valence-corrected chi connectivity index (χ4v) is 4.08. The van der Waals surface area contributed by atoms with Crippen LogP contribution in [0, 0.1) is 0 Å². The summed E-state index contributed by atoms with van der Waals surface area (Å²) in [5, 5.41) is 10.00. The van der Waals surface area contributed by atoms with Crippen molar-refractivity contribution in [3.8, 4) is 0 Å². The molecule has 0 unspecified atom stereocenters. The number of carbonyl (C=O) groups is 2. The Kier molecular flexibility index (Phi) is 16.9. The Hall–Kier alpha value is -1.52. The molecule has 0 heterocycles. The molecule has 0 aliphatic rings. The van der Waals surface area contributed by atoms with Gasteiger partial charge in [0, 0.05) is 13.0 Å². The molecule has 1 amide bonds. The van der Waals surface area contributed by atoms with Crippen molar-refractivity contribution in [3.05, 3.63) is 46.0 Å². The average Bonchev–Trinajstić information content (AvgIpc) is 2.78. The largest absolute Gasteiger partial charge is 0.480 e. The summed E-state index contributed by atoms with van der Waals surface area (Å²) in [4.78, 5) is 25.1. The summed E-state index contributed by atoms with van der Waals surface area (Å²) in [5.74, 6) is -1.16. The molecule has 0 saturated carbocycles. The molecule has 1 aromatic rings. The van der Waals surface area contributed by atoms with E-state index in [4.69, 9.17) is 28.3 Å². The maximum atomic E-state index is 12.6. The Bertz CT molecular complexity index is 721. The van der Waals surface area contributed by atoms with Gasteiger partial charge in [0.2, 0.25) is 5.91 Å². The Labute approximate surface area is 210 Å². The number of rotatable bonds is 19. The van der Waals surface area contributed by atoms with Gasteiger partial charge in [0.05, 0.1) is 10.0 Å². The number of amides is 1. The van der Waals surface area contributed by atoms with Gasteiger partial charge in [0.1, 0.15) is 6.54 Å². The molecule has 0 atom stereocenters. The molecule has 1 rings (SSSR count). The molecule has 6 heteroatoms. The van der Waals surface area contributed by atoms with Crippen LogP contribution in [0.1, 0.15) is 102 Å². The molecule has 33 heavy (non-hydrogen) atoms. The van der Waals surface area contributed by atoms with Gasteiger partial charge in [-0.1, -0.05) is 99.7 Å². The maximum Gasteiger partial charge on any atom is 0.323 e. The van der Waals surface area contributed by atoms with Crippen LogP contribution in [0.5, 0.6) is 0 Å². The van der Waals surface area contributed by atoms with E-state index >= 15 is 0 Å². The fraction of sp³-hybridized carbons (Fsp3) is 0.630. The highest BCUT2D eigenvalue weighted by Crippen LogP contribution is 2.23. The third-order valence-electron chi connectivity index (χ3n) is 5.69. The molecule has 0 fully saturated rings. The zero-order chi connectivity index (χ0) is 24.3. The summed E-state index contributed by atoms with van der Waals surface area (Å²) in [6.45, 7) is 2.15. The van der Waals surface area contributed by atoms with E-state index in [1.54, 1.807) is 18.2 Å². The first-order valence-electron chi connectivity index (χ1n) is 12.5. The van der Waals surface area contributed by atoms with Gasteiger partial charge in [-0.15, -0.1) is 0 Å². The first-order valence-corrected chi connectivity index (χ1v) is 13.3. The molecule has 4 nitrogen and oxygen atoms in total. The molecule has 0 bridgehead atoms. The van der Waals surface area contributed by atoms with E-state index in [0.29, 0.717) is 16.5 Å². The number of carbonyl (C=O) groups excluding carboxylic acids is 1. The third kappa shape index (κ3) is 15.1. The van der Waals surface area contributed by atoms with E-state index in [-0.39, 0.29) is 19.0 Å². The summed E-state index contributed by atoms with van der Waals surface area (Å²) in [5.41, 5.74) is 0.767. The van der Waals surface area contributed by atoms with Crippen molar-refractivity contribution in [1.82, 2.24) is 4.90 Å². The highest BCUT2D eigenvalue weighted by atomic mass is 35.5. The van der Waals surface area contributed by atoms with Gasteiger partial charge in [0.25, 0.3) is 0 Å². The molecule has 1 N–H and O–H groups in total. The van der Waals surface area contributed by atoms with Gasteiger partial charge in [-0.25, -0.2) is 0 Å². The zero-order valence-electron chi connectivity index (χ0n) is 20.2. The van der Waals surface area contributed by atoms with Gasteiger partial charge >= 0.3 is 5.97 Å². The standard InChI is InChI=1S/C27H41Cl2NO3/c1-2-3-4-5-6-7-8-9-10-11-12-13-14-15-16-17-26(31)30(22-27(32)33)21-23-18-19-24(28)25(29)20-23/h9-10,18-20H,2-8,11-17,21-22H2,1H3,(H,32,33)/b10-9-. The van der Waals surface area contributed by atoms with Crippen LogP contribution in [0.15, 0.2) is 30.4 Å². The molecule has 0 aliphatic carbocycles. The van der Waals surface area contributed by atoms with Crippen molar-refractivity contribution in [2.24, 2.45) is 0 Å². The van der Waals surface area contributed by atoms with Crippen LogP contribution in [0.3, 0.4) is 0 Å². The van der Waals surface area contributed by atoms with Gasteiger partial charge in [0.15, 0.2) is 0 Å². The van der Waals surface area contributed by atoms with Crippen molar-refractivity contribution in [1.29, 1.82) is 0 Å². The second-order valence-corrected chi connectivity index (χ2v) is 9.54. The summed E-state index contributed by atoms with van der Waals surface area (Å²) in [6, 6.07) is 5.10. The number of carboxylic acid groups (broad SMARTS) is 1. The van der Waals surface area contributed by atoms with Crippen molar-refractivity contribution in [3.63, 3.8) is 0 Å². The second kappa shape index (κ2) is 18.9. The SMILES string of the molecule is CCCCCCCC/C=C\CCCCCCCC(=O)N(CC(=O)O)Cc1ccc(Cl)c(Cl)c1. The van der Waals surface area contributed by atoms with Crippen LogP contribution in [0.4, 0.5) is 0 Å². The third-order valence-corrected chi connectivity index (χ3v) is 6.43. The summed E-state index contributed by atoms with van der Waals surface area (Å²) < 4.78 is 0. The van der Waals surface area contributed by atoms with Gasteiger partial charge in [-0.3, -0.25) is 9.59 Å². The van der Waals surface area contributed by atoms with Gasteiger partial charge in [-0.2, -0.15) is 0 Å². The van der Waals surface area contributed by atoms with Gasteiger partial charge < -0.3 is 10.0 Å². The number of hydrogen-bond donors (Lipinski definition) is 1. The van der Waals surface area contributed by atoms with Crippen molar-refractivity contribution >= 4 is 35.1 Å². The molecule has 0 aromatic heterocycles. The van der Waals surface area contributed by atoms with Crippen molar-refractivity contribution in [2.75, 3.05) is 6.54 Å². The average molecular weight is 499 g/mol. The lowest BCUT2D eigenvalue weighted by Gasteiger charge is -2.21. The van der Waals surface area contributed by atoms with Crippen molar-refractivity contribution in [2.45, 2.75) is 103 Å². The minimum absolute atomic E-state index is 0.138. The fourth-order valence-electron chi connectivity index (χ4n) is 3.76. The summed E-state index contributed by atoms with van der Waals surface area (Å²) >= 11 is 12.0. The lowest BCUT2D eigenvalue weighted by molar-refractivity contribution is -0.145. The van der Waals surface area contributed by atoms with Gasteiger partial charge in [-0.05, 0) is 49.8 Å². The van der Waals surface area contributed by atoms with Crippen molar-refractivity contribution < 1.29 is 14.7 Å². The highest BCUT2D eigenvalue weighted by molar-refractivity contribution is 6.42. The minimum atomic E-state index is -1.02. The van der Waals surface area contributed by atoms with E-state index < -0.39 is 5.97 Å². The minimum Gasteiger partial charge on any atom is -0.480 e. The van der Waals surface area contributed by atoms with Crippen LogP contribution < -0.4 is 0 Å². The number of carboxylic acids is 1. The molecule has 1 aromatic carbocycles. The lowest BCUT2D eigenvalue weighted by atomic mass is 10.1. The van der Waals surface area contributed by atoms with Crippen LogP contribution in [0.2, 0.25) is 10.0 Å². The molecule has 0 aliphatic heterocycles. The molecule has 0 radical (unpaired) electrons. The maximum absolute atomic E-state index is 12.6. The Morgan fingerprint density at radius 2 is 1.42 bits per heavy atom. The Morgan fingerprint density at radius 1 is 0.848 bits per heavy atom. The van der Waals surface area contributed by atoms with E-state index in [9.17, 15) is 9.59 Å². The number of benzene rings is 1. The first kappa shape index (κ1) is 29.5.